The first-order chi connectivity index (χ1) is 9.69. The van der Waals surface area contributed by atoms with Gasteiger partial charge in [0.05, 0.1) is 7.11 Å². The second-order valence-electron chi connectivity index (χ2n) is 4.68. The Balaban J connectivity index is 2.32. The molecule has 1 unspecified atom stereocenters. The number of methoxy groups -OCH3 is 1. The molecule has 0 aliphatic heterocycles. The van der Waals surface area contributed by atoms with Gasteiger partial charge in [-0.1, -0.05) is 24.9 Å². The summed E-state index contributed by atoms with van der Waals surface area (Å²) in [4.78, 5) is 2.53. The lowest BCUT2D eigenvalue weighted by atomic mass is 10.1. The summed E-state index contributed by atoms with van der Waals surface area (Å²) in [6.07, 6.45) is 2.31. The summed E-state index contributed by atoms with van der Waals surface area (Å²) in [5, 5.41) is 4.13. The minimum absolute atomic E-state index is 0.420. The fraction of sp³-hybridized carbons (Fsp3) is 0.375. The topological polar surface area (TPSA) is 21.3 Å². The van der Waals surface area contributed by atoms with Crippen molar-refractivity contribution in [3.63, 3.8) is 0 Å². The number of rotatable bonds is 6. The highest BCUT2D eigenvalue weighted by Gasteiger charge is 2.13. The lowest BCUT2D eigenvalue weighted by Crippen LogP contribution is -2.14. The van der Waals surface area contributed by atoms with Crippen LogP contribution in [-0.2, 0) is 0 Å². The van der Waals surface area contributed by atoms with Crippen LogP contribution in [0.5, 0.6) is 5.75 Å². The van der Waals surface area contributed by atoms with Crippen LogP contribution in [0.4, 0.5) is 0 Å². The second kappa shape index (κ2) is 7.11. The van der Waals surface area contributed by atoms with Crippen LogP contribution >= 0.6 is 22.9 Å². The maximum absolute atomic E-state index is 6.31. The molecule has 1 heterocycles. The first-order valence-electron chi connectivity index (χ1n) is 6.80. The maximum Gasteiger partial charge on any atom is 0.119 e. The minimum Gasteiger partial charge on any atom is -0.497 e. The van der Waals surface area contributed by atoms with Crippen molar-refractivity contribution < 1.29 is 4.74 Å². The van der Waals surface area contributed by atoms with Crippen molar-refractivity contribution in [3.8, 4) is 16.2 Å². The van der Waals surface area contributed by atoms with Gasteiger partial charge >= 0.3 is 0 Å². The number of thiophene rings is 1. The average Bonchev–Trinajstić information content (AvgIpc) is 2.94. The van der Waals surface area contributed by atoms with E-state index in [1.807, 2.05) is 25.2 Å². The van der Waals surface area contributed by atoms with Crippen LogP contribution in [0.15, 0.2) is 30.3 Å². The van der Waals surface area contributed by atoms with Crippen LogP contribution in [0.2, 0.25) is 5.02 Å². The molecular formula is C16H20ClNOS. The number of nitrogens with one attached hydrogen (secondary N) is 1. The molecule has 4 heteroatoms. The Morgan fingerprint density at radius 2 is 2.10 bits per heavy atom. The van der Waals surface area contributed by atoms with E-state index >= 15 is 0 Å². The molecule has 2 aromatic rings. The molecule has 2 nitrogen and oxygen atoms in total. The van der Waals surface area contributed by atoms with Crippen molar-refractivity contribution in [2.75, 3.05) is 14.2 Å². The third-order valence-electron chi connectivity index (χ3n) is 3.34. The number of hydrogen-bond acceptors (Lipinski definition) is 3. The maximum atomic E-state index is 6.31. The van der Waals surface area contributed by atoms with Gasteiger partial charge in [-0.3, -0.25) is 0 Å². The highest BCUT2D eigenvalue weighted by atomic mass is 35.5. The van der Waals surface area contributed by atoms with E-state index in [9.17, 15) is 0 Å². The monoisotopic (exact) mass is 309 g/mol. The van der Waals surface area contributed by atoms with Gasteiger partial charge in [0, 0.05) is 26.4 Å². The number of hydrogen-bond donors (Lipinski definition) is 1. The Morgan fingerprint density at radius 3 is 2.75 bits per heavy atom. The van der Waals surface area contributed by atoms with Crippen molar-refractivity contribution in [2.24, 2.45) is 0 Å². The molecule has 0 saturated carbocycles. The van der Waals surface area contributed by atoms with E-state index in [0.29, 0.717) is 6.04 Å². The van der Waals surface area contributed by atoms with Crippen LogP contribution in [0.3, 0.4) is 0 Å². The average molecular weight is 310 g/mol. The molecule has 0 radical (unpaired) electrons. The third-order valence-corrected chi connectivity index (χ3v) is 4.90. The number of halogens is 1. The van der Waals surface area contributed by atoms with Crippen LogP contribution in [-0.4, -0.2) is 14.2 Å². The molecule has 0 amide bonds. The van der Waals surface area contributed by atoms with Gasteiger partial charge in [0.1, 0.15) is 5.75 Å². The van der Waals surface area contributed by atoms with Crippen LogP contribution in [0.1, 0.15) is 30.7 Å². The number of benzene rings is 1. The molecule has 0 spiro atoms. The van der Waals surface area contributed by atoms with Gasteiger partial charge in [-0.05, 0) is 43.8 Å². The molecule has 1 aromatic heterocycles. The first-order valence-corrected chi connectivity index (χ1v) is 8.00. The molecular weight excluding hydrogens is 290 g/mol. The zero-order valence-corrected chi connectivity index (χ0v) is 13.6. The summed E-state index contributed by atoms with van der Waals surface area (Å²) in [5.41, 5.74) is 1.04. The number of ether oxygens (including phenoxy) is 1. The Hall–Kier alpha value is -1.03. The van der Waals surface area contributed by atoms with E-state index in [1.165, 1.54) is 16.2 Å². The zero-order chi connectivity index (χ0) is 14.5. The van der Waals surface area contributed by atoms with E-state index in [2.05, 4.69) is 24.4 Å². The van der Waals surface area contributed by atoms with E-state index in [0.717, 1.165) is 22.8 Å². The summed E-state index contributed by atoms with van der Waals surface area (Å²) in [6, 6.07) is 10.5. The highest BCUT2D eigenvalue weighted by molar-refractivity contribution is 7.15. The van der Waals surface area contributed by atoms with Crippen molar-refractivity contribution in [2.45, 2.75) is 25.8 Å². The molecule has 1 aromatic carbocycles. The lowest BCUT2D eigenvalue weighted by molar-refractivity contribution is 0.415. The molecule has 2 rings (SSSR count). The largest absolute Gasteiger partial charge is 0.497 e. The Morgan fingerprint density at radius 1 is 1.30 bits per heavy atom. The molecule has 0 bridgehead atoms. The lowest BCUT2D eigenvalue weighted by Gasteiger charge is -2.12. The summed E-state index contributed by atoms with van der Waals surface area (Å²) >= 11 is 8.10. The van der Waals surface area contributed by atoms with Gasteiger partial charge in [-0.25, -0.2) is 0 Å². The van der Waals surface area contributed by atoms with E-state index < -0.39 is 0 Å². The van der Waals surface area contributed by atoms with E-state index in [1.54, 1.807) is 18.4 Å². The predicted molar refractivity (Wildman–Crippen MR) is 88.0 cm³/mol. The van der Waals surface area contributed by atoms with Gasteiger partial charge < -0.3 is 10.1 Å². The molecule has 0 fully saturated rings. The van der Waals surface area contributed by atoms with Gasteiger partial charge in [0.25, 0.3) is 0 Å². The van der Waals surface area contributed by atoms with Gasteiger partial charge in [-0.2, -0.15) is 0 Å². The molecule has 1 N–H and O–H groups in total. The molecule has 108 valence electrons. The Bertz CT molecular complexity index is 567. The molecule has 0 aliphatic carbocycles. The van der Waals surface area contributed by atoms with Crippen LogP contribution in [0.25, 0.3) is 10.4 Å². The fourth-order valence-corrected chi connectivity index (χ4v) is 3.68. The summed E-state index contributed by atoms with van der Waals surface area (Å²) < 4.78 is 5.28. The molecule has 20 heavy (non-hydrogen) atoms. The summed E-state index contributed by atoms with van der Waals surface area (Å²) in [6.45, 7) is 2.21. The van der Waals surface area contributed by atoms with Gasteiger partial charge in [0.2, 0.25) is 0 Å². The van der Waals surface area contributed by atoms with Crippen LogP contribution < -0.4 is 10.1 Å². The normalized spacial score (nSPS) is 12.4. The van der Waals surface area contributed by atoms with Crippen molar-refractivity contribution in [1.82, 2.24) is 5.32 Å². The van der Waals surface area contributed by atoms with E-state index in [4.69, 9.17) is 16.3 Å². The Kier molecular flexibility index (Phi) is 5.46. The van der Waals surface area contributed by atoms with Crippen LogP contribution in [0, 0.1) is 0 Å². The SMILES string of the molecule is CCCC(NC)c1ccc(-c2cc(OC)ccc2Cl)s1. The van der Waals surface area contributed by atoms with Crippen molar-refractivity contribution in [3.05, 3.63) is 40.2 Å². The Labute approximate surface area is 129 Å². The smallest absolute Gasteiger partial charge is 0.119 e. The van der Waals surface area contributed by atoms with Crippen molar-refractivity contribution >= 4 is 22.9 Å². The fourth-order valence-electron chi connectivity index (χ4n) is 2.22. The summed E-state index contributed by atoms with van der Waals surface area (Å²) in [7, 11) is 3.68. The highest BCUT2D eigenvalue weighted by Crippen LogP contribution is 2.38. The van der Waals surface area contributed by atoms with E-state index in [-0.39, 0.29) is 0 Å². The molecule has 0 saturated heterocycles. The van der Waals surface area contributed by atoms with Gasteiger partial charge in [0.15, 0.2) is 0 Å². The summed E-state index contributed by atoms with van der Waals surface area (Å²) in [5.74, 6) is 0.832. The first kappa shape index (κ1) is 15.4. The van der Waals surface area contributed by atoms with Gasteiger partial charge in [-0.15, -0.1) is 11.3 Å². The second-order valence-corrected chi connectivity index (χ2v) is 6.20. The van der Waals surface area contributed by atoms with Crippen molar-refractivity contribution in [1.29, 1.82) is 0 Å². The third kappa shape index (κ3) is 3.35. The zero-order valence-electron chi connectivity index (χ0n) is 12.1. The minimum atomic E-state index is 0.420. The standard InChI is InChI=1S/C16H20ClNOS/c1-4-5-14(18-2)16-9-8-15(20-16)12-10-11(19-3)6-7-13(12)17/h6-10,14,18H,4-5H2,1-3H3. The molecule has 0 aliphatic rings. The predicted octanol–water partition coefficient (Wildman–Crippen LogP) is 5.14. The molecule has 1 atom stereocenters. The quantitative estimate of drug-likeness (QED) is 0.798.